The zero-order chi connectivity index (χ0) is 10.7. The third-order valence-electron chi connectivity index (χ3n) is 0. The van der Waals surface area contributed by atoms with Gasteiger partial charge < -0.3 is 46.0 Å². The van der Waals surface area contributed by atoms with Crippen molar-refractivity contribution in [1.82, 2.24) is 0 Å². The number of hydrogen-bond acceptors (Lipinski definition) is 9. The van der Waals surface area contributed by atoms with Crippen molar-refractivity contribution in [3.63, 3.8) is 0 Å². The summed E-state index contributed by atoms with van der Waals surface area (Å²) in [6, 6.07) is 0. The van der Waals surface area contributed by atoms with Gasteiger partial charge in [0.2, 0.25) is 0 Å². The Kier molecular flexibility index (Phi) is 47.4. The Morgan fingerprint density at radius 3 is 0.571 bits per heavy atom. The quantitative estimate of drug-likeness (QED) is 0.304. The van der Waals surface area contributed by atoms with Gasteiger partial charge in [-0.25, -0.2) is 0 Å². The molecular weight excluding hydrogens is 359 g/mol. The smallest absolute Gasteiger partial charge is 0.356 e. The van der Waals surface area contributed by atoms with Gasteiger partial charge in [-0.1, -0.05) is 0 Å². The predicted octanol–water partition coefficient (Wildman–Crippen LogP) is -0.722. The number of rotatable bonds is 0. The summed E-state index contributed by atoms with van der Waals surface area (Å²) in [6.07, 6.45) is 0. The van der Waals surface area contributed by atoms with Crippen LogP contribution in [-0.2, 0) is 41.9 Å². The summed E-state index contributed by atoms with van der Waals surface area (Å²) in [7, 11) is 0. The van der Waals surface area contributed by atoms with Crippen LogP contribution in [0.5, 0.6) is 0 Å². The van der Waals surface area contributed by atoms with Gasteiger partial charge in [0.15, 0.2) is 0 Å². The molecule has 0 atom stereocenters. The van der Waals surface area contributed by atoms with Crippen LogP contribution in [0.15, 0.2) is 0 Å². The fourth-order valence-electron chi connectivity index (χ4n) is 0. The molecule has 0 saturated heterocycles. The van der Waals surface area contributed by atoms with Crippen LogP contribution in [0.3, 0.4) is 0 Å². The van der Waals surface area contributed by atoms with Gasteiger partial charge >= 0.3 is 41.9 Å². The minimum absolute atomic E-state index is 0. The average molecular weight is 359 g/mol. The van der Waals surface area contributed by atoms with Crippen molar-refractivity contribution in [2.75, 3.05) is 0 Å². The Hall–Kier alpha value is -1.04. The summed E-state index contributed by atoms with van der Waals surface area (Å²) in [4.78, 5) is 24.8. The van der Waals surface area contributed by atoms with E-state index in [4.69, 9.17) is 46.0 Å². The van der Waals surface area contributed by atoms with E-state index in [0.29, 0.717) is 0 Å². The summed E-state index contributed by atoms with van der Waals surface area (Å²) in [5.41, 5.74) is 0. The second-order valence-electron chi connectivity index (χ2n) is 0.671. The Balaban J connectivity index is -0.0000000270. The van der Waals surface area contributed by atoms with Crippen LogP contribution < -0.4 is 0 Å². The summed E-state index contributed by atoms with van der Waals surface area (Å²) < 4.78 is 0. The monoisotopic (exact) mass is 357 g/mol. The van der Waals surface area contributed by atoms with E-state index in [1.807, 2.05) is 0 Å². The second kappa shape index (κ2) is 22.7. The van der Waals surface area contributed by atoms with Crippen LogP contribution in [-0.4, -0.2) is 15.3 Å². The van der Waals surface area contributed by atoms with E-state index < -0.39 is 15.3 Å². The molecule has 0 aromatic rings. The molecule has 0 amide bonds. The Morgan fingerprint density at radius 1 is 0.571 bits per heavy atom. The summed E-state index contributed by atoms with van der Waals surface area (Å²) in [6.45, 7) is 0. The molecule has 0 saturated carbocycles. The van der Waals surface area contributed by atoms with Gasteiger partial charge in [-0.15, -0.1) is 0 Å². The van der Waals surface area contributed by atoms with Crippen LogP contribution in [0.1, 0.15) is 0 Å². The fraction of sp³-hybridized carbons (Fsp3) is 0. The molecule has 14 heteroatoms. The molecule has 0 spiro atoms. The van der Waals surface area contributed by atoms with Gasteiger partial charge in [0, 0.05) is 0 Å². The van der Waals surface area contributed by atoms with Crippen molar-refractivity contribution in [2.45, 2.75) is 0 Å². The predicted molar refractivity (Wildman–Crippen MR) is 31.1 cm³/mol. The minimum Gasteiger partial charge on any atom is -0.356 e. The maximum atomic E-state index is 8.25. The third kappa shape index (κ3) is 1010. The van der Waals surface area contributed by atoms with Crippen LogP contribution in [0, 0.1) is 46.0 Å². The van der Waals surface area contributed by atoms with E-state index in [1.54, 1.807) is 0 Å². The van der Waals surface area contributed by atoms with Crippen molar-refractivity contribution in [3.8, 4) is 0 Å². The standard InChI is InChI=1S/Ag.3NO3.Zn/c;3*2-1(3)4;/q+1;3*-1;+2. The zero-order valence-corrected chi connectivity index (χ0v) is 10.5. The normalized spacial score (nSPS) is 5.14. The summed E-state index contributed by atoms with van der Waals surface area (Å²) in [5.74, 6) is 0. The van der Waals surface area contributed by atoms with E-state index >= 15 is 0 Å². The molecule has 0 bridgehead atoms. The van der Waals surface area contributed by atoms with E-state index in [0.717, 1.165) is 0 Å². The molecule has 0 unspecified atom stereocenters. The van der Waals surface area contributed by atoms with Crippen molar-refractivity contribution in [3.05, 3.63) is 46.0 Å². The Bertz CT molecular complexity index is 118. The number of hydrogen-bond donors (Lipinski definition) is 0. The van der Waals surface area contributed by atoms with E-state index in [1.165, 1.54) is 0 Å². The van der Waals surface area contributed by atoms with Gasteiger partial charge in [-0.2, -0.15) is 0 Å². The number of nitrogens with zero attached hydrogens (tertiary/aromatic N) is 3. The van der Waals surface area contributed by atoms with Crippen LogP contribution in [0.4, 0.5) is 0 Å². The molecule has 0 fully saturated rings. The van der Waals surface area contributed by atoms with Gasteiger partial charge in [-0.05, 0) is 0 Å². The molecule has 0 aliphatic heterocycles. The minimum atomic E-state index is -1.75. The molecule has 0 aliphatic carbocycles. The van der Waals surface area contributed by atoms with Gasteiger partial charge in [0.1, 0.15) is 0 Å². The van der Waals surface area contributed by atoms with E-state index in [-0.39, 0.29) is 41.9 Å². The first kappa shape index (κ1) is 29.3. The maximum absolute atomic E-state index is 8.25. The van der Waals surface area contributed by atoms with Crippen LogP contribution in [0.2, 0.25) is 0 Å². The molecule has 0 N–H and O–H groups in total. The van der Waals surface area contributed by atoms with E-state index in [2.05, 4.69) is 0 Å². The van der Waals surface area contributed by atoms with Crippen molar-refractivity contribution < 1.29 is 57.1 Å². The van der Waals surface area contributed by atoms with Gasteiger partial charge in [-0.3, -0.25) is 0 Å². The molecule has 0 radical (unpaired) electrons. The fourth-order valence-corrected chi connectivity index (χ4v) is 0. The first-order valence-electron chi connectivity index (χ1n) is 1.64. The SMILES string of the molecule is O=[N+]([O-])[O-].O=[N+]([O-])[O-].O=[N+]([O-])[O-].[Ag+].[Zn+2]. The first-order chi connectivity index (χ1) is 5.20. The first-order valence-corrected chi connectivity index (χ1v) is 1.64. The van der Waals surface area contributed by atoms with Crippen LogP contribution in [0.25, 0.3) is 0 Å². The van der Waals surface area contributed by atoms with E-state index in [9.17, 15) is 0 Å². The molecule has 82 valence electrons. The van der Waals surface area contributed by atoms with Crippen molar-refractivity contribution in [1.29, 1.82) is 0 Å². The third-order valence-corrected chi connectivity index (χ3v) is 0. The Labute approximate surface area is 103 Å². The zero-order valence-electron chi connectivity index (χ0n) is 6.02. The van der Waals surface area contributed by atoms with Crippen LogP contribution >= 0.6 is 0 Å². The molecule has 0 aromatic carbocycles. The summed E-state index contributed by atoms with van der Waals surface area (Å²) in [5, 5.41) is 44.2. The van der Waals surface area contributed by atoms with Gasteiger partial charge in [0.05, 0.1) is 15.3 Å². The topological polar surface area (TPSA) is 199 Å². The second-order valence-corrected chi connectivity index (χ2v) is 0.671. The molecular formula is AgN3O9Zn. The molecule has 0 aromatic heterocycles. The largest absolute Gasteiger partial charge is 2.00 e. The molecule has 0 rings (SSSR count). The van der Waals surface area contributed by atoms with Crippen molar-refractivity contribution in [2.24, 2.45) is 0 Å². The molecule has 0 aliphatic rings. The maximum Gasteiger partial charge on any atom is 2.00 e. The average Bonchev–Trinajstić information content (AvgIpc) is 1.54. The Morgan fingerprint density at radius 2 is 0.571 bits per heavy atom. The summed E-state index contributed by atoms with van der Waals surface area (Å²) >= 11 is 0. The van der Waals surface area contributed by atoms with Crippen molar-refractivity contribution >= 4 is 0 Å². The van der Waals surface area contributed by atoms with Gasteiger partial charge in [0.25, 0.3) is 0 Å². The molecule has 0 heterocycles. The molecule has 12 nitrogen and oxygen atoms in total. The molecule has 14 heavy (non-hydrogen) atoms.